The van der Waals surface area contributed by atoms with E-state index in [1.165, 1.54) is 38.5 Å². The number of carbonyl (C=O) groups is 1. The van der Waals surface area contributed by atoms with E-state index in [9.17, 15) is 18.0 Å². The normalized spacial score (nSPS) is 52.7. The molecule has 0 aromatic carbocycles. The maximum Gasteiger partial charge on any atom is 0.490 e. The first-order chi connectivity index (χ1) is 17.4. The Balaban J connectivity index is 1.31. The largest absolute Gasteiger partial charge is 0.490 e. The van der Waals surface area contributed by atoms with Gasteiger partial charge in [-0.25, -0.2) is 4.79 Å². The van der Waals surface area contributed by atoms with Crippen LogP contribution in [0.25, 0.3) is 0 Å². The van der Waals surface area contributed by atoms with Crippen molar-refractivity contribution in [1.29, 1.82) is 0 Å². The molecule has 1 heterocycles. The Morgan fingerprint density at radius 3 is 2.16 bits per heavy atom. The van der Waals surface area contributed by atoms with Crippen LogP contribution in [0, 0.1) is 56.2 Å². The lowest BCUT2D eigenvalue weighted by Crippen LogP contribution is -2.68. The molecule has 6 rings (SSSR count). The number of hydrogen-bond acceptors (Lipinski definition) is 3. The molecule has 1 saturated heterocycles. The fourth-order valence-electron chi connectivity index (χ4n) is 12.4. The molecule has 0 spiro atoms. The van der Waals surface area contributed by atoms with Crippen molar-refractivity contribution in [2.75, 3.05) is 6.61 Å². The molecule has 3 nitrogen and oxygen atoms in total. The van der Waals surface area contributed by atoms with Gasteiger partial charge < -0.3 is 9.47 Å². The minimum Gasteiger partial charge on any atom is -0.455 e. The maximum atomic E-state index is 13.1. The van der Waals surface area contributed by atoms with Crippen LogP contribution in [0.15, 0.2) is 0 Å². The first-order valence-corrected chi connectivity index (χ1v) is 15.3. The van der Waals surface area contributed by atoms with E-state index in [2.05, 4.69) is 48.5 Å². The van der Waals surface area contributed by atoms with Gasteiger partial charge in [-0.3, -0.25) is 0 Å². The monoisotopic (exact) mass is 538 g/mol. The van der Waals surface area contributed by atoms with Gasteiger partial charge >= 0.3 is 12.1 Å². The van der Waals surface area contributed by atoms with Crippen molar-refractivity contribution in [3.05, 3.63) is 0 Å². The van der Waals surface area contributed by atoms with Crippen molar-refractivity contribution in [2.24, 2.45) is 56.2 Å². The van der Waals surface area contributed by atoms with Gasteiger partial charge in [0.15, 0.2) is 0 Å². The van der Waals surface area contributed by atoms with Crippen molar-refractivity contribution in [3.63, 3.8) is 0 Å². The van der Waals surface area contributed by atoms with Crippen molar-refractivity contribution in [1.82, 2.24) is 0 Å². The summed E-state index contributed by atoms with van der Waals surface area (Å²) in [7, 11) is 0. The molecule has 6 heteroatoms. The molecule has 10 atom stereocenters. The van der Waals surface area contributed by atoms with Gasteiger partial charge in [0.25, 0.3) is 0 Å². The zero-order chi connectivity index (χ0) is 27.7. The predicted octanol–water partition coefficient (Wildman–Crippen LogP) is 8.35. The van der Waals surface area contributed by atoms with Gasteiger partial charge in [-0.15, -0.1) is 0 Å². The highest BCUT2D eigenvalue weighted by molar-refractivity contribution is 5.75. The molecule has 6 aliphatic rings. The van der Waals surface area contributed by atoms with Gasteiger partial charge in [-0.2, -0.15) is 13.2 Å². The van der Waals surface area contributed by atoms with Crippen LogP contribution in [-0.2, 0) is 14.3 Å². The Bertz CT molecular complexity index is 1000. The molecule has 216 valence electrons. The maximum absolute atomic E-state index is 13.1. The van der Waals surface area contributed by atoms with E-state index in [0.29, 0.717) is 35.7 Å². The van der Waals surface area contributed by atoms with Crippen LogP contribution in [0.2, 0.25) is 0 Å². The second-order valence-corrected chi connectivity index (χ2v) is 16.5. The first kappa shape index (κ1) is 27.4. The lowest BCUT2D eigenvalue weighted by Gasteiger charge is -2.73. The molecule has 0 aromatic rings. The van der Waals surface area contributed by atoms with Gasteiger partial charge in [0.1, 0.15) is 6.10 Å². The van der Waals surface area contributed by atoms with Crippen LogP contribution in [0.4, 0.5) is 13.2 Å². The summed E-state index contributed by atoms with van der Waals surface area (Å²) in [6.45, 7) is 17.5. The van der Waals surface area contributed by atoms with E-state index in [0.717, 1.165) is 25.9 Å². The molecule has 0 amide bonds. The van der Waals surface area contributed by atoms with E-state index in [4.69, 9.17) is 9.47 Å². The van der Waals surface area contributed by atoms with Crippen LogP contribution in [0.1, 0.15) is 113 Å². The molecule has 38 heavy (non-hydrogen) atoms. The Kier molecular flexibility index (Phi) is 5.72. The van der Waals surface area contributed by atoms with E-state index >= 15 is 0 Å². The van der Waals surface area contributed by atoms with Gasteiger partial charge in [-0.1, -0.05) is 48.5 Å². The molecule has 0 N–H and O–H groups in total. The second kappa shape index (κ2) is 7.94. The smallest absolute Gasteiger partial charge is 0.455 e. The summed E-state index contributed by atoms with van der Waals surface area (Å²) < 4.78 is 51.1. The Morgan fingerprint density at radius 2 is 1.47 bits per heavy atom. The van der Waals surface area contributed by atoms with Gasteiger partial charge in [0.05, 0.1) is 12.7 Å². The fraction of sp³-hybridized carbons (Fsp3) is 0.969. The number of rotatable bonds is 1. The third-order valence-corrected chi connectivity index (χ3v) is 14.6. The summed E-state index contributed by atoms with van der Waals surface area (Å²) in [6, 6.07) is 0. The van der Waals surface area contributed by atoms with Crippen molar-refractivity contribution >= 4 is 5.97 Å². The summed E-state index contributed by atoms with van der Waals surface area (Å²) in [5, 5.41) is 0. The van der Waals surface area contributed by atoms with Crippen molar-refractivity contribution in [2.45, 2.75) is 131 Å². The highest BCUT2D eigenvalue weighted by atomic mass is 19.4. The predicted molar refractivity (Wildman–Crippen MR) is 140 cm³/mol. The quantitative estimate of drug-likeness (QED) is 0.315. The molecule has 0 radical (unpaired) electrons. The van der Waals surface area contributed by atoms with Crippen LogP contribution >= 0.6 is 0 Å². The molecule has 5 aliphatic carbocycles. The Hall–Kier alpha value is -0.780. The number of hydrogen-bond donors (Lipinski definition) is 0. The van der Waals surface area contributed by atoms with Crippen molar-refractivity contribution < 1.29 is 27.4 Å². The Morgan fingerprint density at radius 1 is 0.789 bits per heavy atom. The number of carbonyl (C=O) groups excluding carboxylic acids is 1. The molecule has 0 aromatic heterocycles. The summed E-state index contributed by atoms with van der Waals surface area (Å²) in [6.07, 6.45) is 5.78. The van der Waals surface area contributed by atoms with Crippen LogP contribution in [-0.4, -0.2) is 31.0 Å². The fourth-order valence-corrected chi connectivity index (χ4v) is 12.4. The molecule has 6 fully saturated rings. The third-order valence-electron chi connectivity index (χ3n) is 14.6. The average molecular weight is 539 g/mol. The number of esters is 1. The summed E-state index contributed by atoms with van der Waals surface area (Å²) in [5.41, 5.74) is 0.625. The topological polar surface area (TPSA) is 35.5 Å². The minimum atomic E-state index is -4.94. The standard InChI is InChI=1S/C32H49F3O3/c1-26(2)14-16-31-17-15-29(6)19(23(31)24(26)37-18-31)8-9-21-28(5)12-11-22(38-25(36)32(33,34)35)27(3,4)20(28)10-13-30(21,29)7/h19-24H,8-18H2,1-7H3/t19-,20-,21-,22+,23+,24-,28+,29-,30-,31+/m1/s1. The zero-order valence-electron chi connectivity index (χ0n) is 24.6. The highest BCUT2D eigenvalue weighted by Crippen LogP contribution is 2.78. The van der Waals surface area contributed by atoms with Crippen LogP contribution in [0.5, 0.6) is 0 Å². The molecule has 2 bridgehead atoms. The van der Waals surface area contributed by atoms with E-state index in [1.54, 1.807) is 0 Å². The lowest BCUT2D eigenvalue weighted by atomic mass is 9.31. The van der Waals surface area contributed by atoms with E-state index in [-0.39, 0.29) is 27.6 Å². The summed E-state index contributed by atoms with van der Waals surface area (Å²) in [5.74, 6) is 0.0918. The third kappa shape index (κ3) is 3.33. The molecule has 5 saturated carbocycles. The lowest BCUT2D eigenvalue weighted by molar-refractivity contribution is -0.259. The van der Waals surface area contributed by atoms with Gasteiger partial charge in [0, 0.05) is 5.41 Å². The highest BCUT2D eigenvalue weighted by Gasteiger charge is 2.73. The van der Waals surface area contributed by atoms with Crippen molar-refractivity contribution in [3.8, 4) is 0 Å². The number of halogens is 3. The SMILES string of the molecule is CC1(C)CC[C@@]23CC[C@]4(C)[C@H](CC[C@@H]5[C@@]6(C)CC[C@H](OC(=O)C(F)(F)F)C(C)(C)[C@H]6CC[C@]54C)[C@H]2[C@H]1OC3. The second-order valence-electron chi connectivity index (χ2n) is 16.5. The molecular formula is C32H49F3O3. The summed E-state index contributed by atoms with van der Waals surface area (Å²) in [4.78, 5) is 11.8. The minimum absolute atomic E-state index is 0.0437. The summed E-state index contributed by atoms with van der Waals surface area (Å²) >= 11 is 0. The number of ether oxygens (including phenoxy) is 2. The first-order valence-electron chi connectivity index (χ1n) is 15.3. The van der Waals surface area contributed by atoms with E-state index < -0.39 is 23.7 Å². The Labute approximate surface area is 227 Å². The average Bonchev–Trinajstić information content (AvgIpc) is 3.14. The molecular weight excluding hydrogens is 489 g/mol. The van der Waals surface area contributed by atoms with Crippen LogP contribution in [0.3, 0.4) is 0 Å². The van der Waals surface area contributed by atoms with E-state index in [1.807, 2.05) is 0 Å². The zero-order valence-corrected chi connectivity index (χ0v) is 24.6. The molecule has 0 unspecified atom stereocenters. The van der Waals surface area contributed by atoms with Gasteiger partial charge in [-0.05, 0) is 115 Å². The van der Waals surface area contributed by atoms with Crippen LogP contribution < -0.4 is 0 Å². The van der Waals surface area contributed by atoms with Gasteiger partial charge in [0.2, 0.25) is 0 Å². The number of alkyl halides is 3. The number of fused-ring (bicyclic) bond motifs is 5. The molecule has 1 aliphatic heterocycles.